The van der Waals surface area contributed by atoms with E-state index in [0.29, 0.717) is 5.92 Å². The number of hydrogen-bond acceptors (Lipinski definition) is 4. The normalized spacial score (nSPS) is 14.4. The van der Waals surface area contributed by atoms with E-state index in [1.807, 2.05) is 18.2 Å². The summed E-state index contributed by atoms with van der Waals surface area (Å²) in [7, 11) is 0. The molecule has 4 rings (SSSR count). The third-order valence-electron chi connectivity index (χ3n) is 5.14. The zero-order chi connectivity index (χ0) is 20.2. The minimum Gasteiger partial charge on any atom is -0.298 e. The molecule has 0 unspecified atom stereocenters. The molecule has 3 aromatic rings. The molecule has 29 heavy (non-hydrogen) atoms. The van der Waals surface area contributed by atoms with Gasteiger partial charge in [-0.15, -0.1) is 10.2 Å². The van der Waals surface area contributed by atoms with Gasteiger partial charge in [-0.2, -0.15) is 0 Å². The summed E-state index contributed by atoms with van der Waals surface area (Å²) in [6, 6.07) is 14.1. The van der Waals surface area contributed by atoms with E-state index >= 15 is 0 Å². The molecule has 0 saturated heterocycles. The Labute approximate surface area is 197 Å². The number of benzene rings is 2. The van der Waals surface area contributed by atoms with Crippen LogP contribution >= 0.6 is 55.4 Å². The summed E-state index contributed by atoms with van der Waals surface area (Å²) < 4.78 is 7.62. The SMILES string of the molecule is Clc1ccc(CCSNc2nnc(C3CCCC3)n2-c2c(Br)cccc2Br)cc1. The van der Waals surface area contributed by atoms with E-state index in [4.69, 9.17) is 11.6 Å². The maximum atomic E-state index is 5.97. The first-order valence-corrected chi connectivity index (χ1v) is 12.6. The maximum absolute atomic E-state index is 5.97. The molecular formula is C21H21Br2ClN4S. The number of halogens is 3. The Bertz CT molecular complexity index is 951. The van der Waals surface area contributed by atoms with Crippen molar-refractivity contribution in [3.05, 3.63) is 67.8 Å². The number of aromatic nitrogens is 3. The molecule has 8 heteroatoms. The summed E-state index contributed by atoms with van der Waals surface area (Å²) in [5, 5.41) is 9.85. The van der Waals surface area contributed by atoms with Crippen LogP contribution in [0, 0.1) is 0 Å². The number of nitrogens with one attached hydrogen (secondary N) is 1. The summed E-state index contributed by atoms with van der Waals surface area (Å²) in [6.07, 6.45) is 5.81. The lowest BCUT2D eigenvalue weighted by Crippen LogP contribution is -2.09. The van der Waals surface area contributed by atoms with E-state index < -0.39 is 0 Å². The van der Waals surface area contributed by atoms with E-state index in [1.54, 1.807) is 11.9 Å². The van der Waals surface area contributed by atoms with Gasteiger partial charge in [0.25, 0.3) is 0 Å². The fourth-order valence-electron chi connectivity index (χ4n) is 3.67. The van der Waals surface area contributed by atoms with Crippen LogP contribution in [0.5, 0.6) is 0 Å². The summed E-state index contributed by atoms with van der Waals surface area (Å²) >= 11 is 15.0. The van der Waals surface area contributed by atoms with E-state index in [0.717, 1.165) is 43.6 Å². The molecule has 0 radical (unpaired) electrons. The zero-order valence-corrected chi connectivity index (χ0v) is 20.5. The highest BCUT2D eigenvalue weighted by atomic mass is 79.9. The van der Waals surface area contributed by atoms with Gasteiger partial charge < -0.3 is 0 Å². The largest absolute Gasteiger partial charge is 0.298 e. The Hall–Kier alpha value is -1.02. The Morgan fingerprint density at radius 2 is 1.72 bits per heavy atom. The second kappa shape index (κ2) is 9.86. The first-order valence-electron chi connectivity index (χ1n) is 9.65. The lowest BCUT2D eigenvalue weighted by atomic mass is 10.1. The van der Waals surface area contributed by atoms with Crippen molar-refractivity contribution in [3.63, 3.8) is 0 Å². The number of nitrogens with zero attached hydrogens (tertiary/aromatic N) is 3. The smallest absolute Gasteiger partial charge is 0.239 e. The lowest BCUT2D eigenvalue weighted by molar-refractivity contribution is 0.650. The molecule has 2 aromatic carbocycles. The highest BCUT2D eigenvalue weighted by molar-refractivity contribution is 9.11. The fourth-order valence-corrected chi connectivity index (χ4v) is 5.85. The van der Waals surface area contributed by atoms with Gasteiger partial charge in [-0.05, 0) is 92.9 Å². The van der Waals surface area contributed by atoms with Crippen LogP contribution in [0.3, 0.4) is 0 Å². The van der Waals surface area contributed by atoms with E-state index in [-0.39, 0.29) is 0 Å². The molecule has 1 aromatic heterocycles. The summed E-state index contributed by atoms with van der Waals surface area (Å²) in [4.78, 5) is 0. The predicted molar refractivity (Wildman–Crippen MR) is 129 cm³/mol. The third kappa shape index (κ3) is 5.01. The quantitative estimate of drug-likeness (QED) is 0.243. The molecule has 1 aliphatic carbocycles. The van der Waals surface area contributed by atoms with Crippen LogP contribution in [-0.4, -0.2) is 20.5 Å². The maximum Gasteiger partial charge on any atom is 0.239 e. The molecule has 1 saturated carbocycles. The molecule has 0 amide bonds. The van der Waals surface area contributed by atoms with Gasteiger partial charge in [0, 0.05) is 25.6 Å². The topological polar surface area (TPSA) is 42.7 Å². The summed E-state index contributed by atoms with van der Waals surface area (Å²) in [5.74, 6) is 3.18. The van der Waals surface area contributed by atoms with E-state index in [9.17, 15) is 0 Å². The van der Waals surface area contributed by atoms with Crippen LogP contribution in [0.25, 0.3) is 5.69 Å². The van der Waals surface area contributed by atoms with Gasteiger partial charge in [-0.1, -0.05) is 42.6 Å². The van der Waals surface area contributed by atoms with Crippen molar-refractivity contribution in [2.75, 3.05) is 10.5 Å². The highest BCUT2D eigenvalue weighted by Gasteiger charge is 2.27. The standard InChI is InChI=1S/C21H21Br2ClN4S/c22-17-6-3-7-18(23)19(17)28-20(15-4-1-2-5-15)25-26-21(28)27-29-13-12-14-8-10-16(24)11-9-14/h3,6-11,15H,1-2,4-5,12-13H2,(H,26,27). The first-order chi connectivity index (χ1) is 14.1. The average molecular weight is 557 g/mol. The highest BCUT2D eigenvalue weighted by Crippen LogP contribution is 2.39. The molecule has 0 atom stereocenters. The summed E-state index contributed by atoms with van der Waals surface area (Å²) in [6.45, 7) is 0. The van der Waals surface area contributed by atoms with Crippen molar-refractivity contribution in [3.8, 4) is 5.69 Å². The van der Waals surface area contributed by atoms with Crippen LogP contribution in [-0.2, 0) is 6.42 Å². The minimum atomic E-state index is 0.455. The van der Waals surface area contributed by atoms with E-state index in [2.05, 4.69) is 75.6 Å². The summed E-state index contributed by atoms with van der Waals surface area (Å²) in [5.41, 5.74) is 2.31. The predicted octanol–water partition coefficient (Wildman–Crippen LogP) is 7.41. The van der Waals surface area contributed by atoms with Crippen molar-refractivity contribution in [1.82, 2.24) is 14.8 Å². The molecule has 0 bridgehead atoms. The second-order valence-electron chi connectivity index (χ2n) is 7.10. The van der Waals surface area contributed by atoms with Crippen molar-refractivity contribution in [2.45, 2.75) is 38.0 Å². The Morgan fingerprint density at radius 3 is 2.41 bits per heavy atom. The first kappa shape index (κ1) is 21.2. The number of aryl methyl sites for hydroxylation is 1. The Morgan fingerprint density at radius 1 is 1.03 bits per heavy atom. The van der Waals surface area contributed by atoms with Gasteiger partial charge in [0.1, 0.15) is 5.82 Å². The van der Waals surface area contributed by atoms with Crippen LogP contribution in [0.4, 0.5) is 5.95 Å². The van der Waals surface area contributed by atoms with Crippen molar-refractivity contribution in [2.24, 2.45) is 0 Å². The van der Waals surface area contributed by atoms with Crippen LogP contribution in [0.2, 0.25) is 5.02 Å². The van der Waals surface area contributed by atoms with Crippen LogP contribution < -0.4 is 4.72 Å². The lowest BCUT2D eigenvalue weighted by Gasteiger charge is -2.17. The Kier molecular flexibility index (Phi) is 7.21. The van der Waals surface area contributed by atoms with Gasteiger partial charge in [-0.25, -0.2) is 0 Å². The molecule has 1 N–H and O–H groups in total. The van der Waals surface area contributed by atoms with Gasteiger partial charge in [-0.3, -0.25) is 9.29 Å². The number of hydrogen-bond donors (Lipinski definition) is 1. The van der Waals surface area contributed by atoms with Gasteiger partial charge in [0.2, 0.25) is 5.95 Å². The van der Waals surface area contributed by atoms with E-state index in [1.165, 1.54) is 31.2 Å². The molecule has 1 aliphatic rings. The molecule has 0 spiro atoms. The molecule has 1 heterocycles. The second-order valence-corrected chi connectivity index (χ2v) is 10.1. The molecule has 1 fully saturated rings. The molecular weight excluding hydrogens is 536 g/mol. The van der Waals surface area contributed by atoms with Crippen molar-refractivity contribution < 1.29 is 0 Å². The van der Waals surface area contributed by atoms with Crippen molar-refractivity contribution >= 4 is 61.4 Å². The minimum absolute atomic E-state index is 0.455. The molecule has 4 nitrogen and oxygen atoms in total. The fraction of sp³-hybridized carbons (Fsp3) is 0.333. The third-order valence-corrected chi connectivity index (χ3v) is 7.41. The number of rotatable bonds is 7. The Balaban J connectivity index is 1.54. The van der Waals surface area contributed by atoms with Gasteiger partial charge in [0.05, 0.1) is 5.69 Å². The van der Waals surface area contributed by atoms with Gasteiger partial charge >= 0.3 is 0 Å². The zero-order valence-electron chi connectivity index (χ0n) is 15.7. The van der Waals surface area contributed by atoms with Crippen molar-refractivity contribution in [1.29, 1.82) is 0 Å². The number of anilines is 1. The van der Waals surface area contributed by atoms with Gasteiger partial charge in [0.15, 0.2) is 0 Å². The monoisotopic (exact) mass is 554 g/mol. The average Bonchev–Trinajstić information content (AvgIpc) is 3.37. The van der Waals surface area contributed by atoms with Crippen LogP contribution in [0.15, 0.2) is 51.4 Å². The molecule has 152 valence electrons. The number of para-hydroxylation sites is 1. The van der Waals surface area contributed by atoms with Crippen LogP contribution in [0.1, 0.15) is 43.0 Å². The molecule has 0 aliphatic heterocycles.